The van der Waals surface area contributed by atoms with E-state index in [0.717, 1.165) is 39.0 Å². The van der Waals surface area contributed by atoms with E-state index in [-0.39, 0.29) is 5.97 Å². The van der Waals surface area contributed by atoms with E-state index in [1.54, 1.807) is 0 Å². The SMILES string of the molecule is COC(=O)[C@@](C)(NC[C@H]1CCOC1)C1CC1. The summed E-state index contributed by atoms with van der Waals surface area (Å²) in [5, 5.41) is 3.40. The number of methoxy groups -OCH3 is 1. The van der Waals surface area contributed by atoms with Crippen molar-refractivity contribution in [2.75, 3.05) is 26.9 Å². The van der Waals surface area contributed by atoms with Crippen molar-refractivity contribution in [1.82, 2.24) is 5.32 Å². The Bertz CT molecular complexity index is 259. The summed E-state index contributed by atoms with van der Waals surface area (Å²) in [5.74, 6) is 0.860. The first-order valence-electron chi connectivity index (χ1n) is 6.08. The average molecular weight is 227 g/mol. The molecule has 2 rings (SSSR count). The second kappa shape index (κ2) is 4.72. The molecule has 1 N–H and O–H groups in total. The first-order chi connectivity index (χ1) is 7.66. The normalized spacial score (nSPS) is 28.8. The molecule has 1 saturated carbocycles. The van der Waals surface area contributed by atoms with Crippen LogP contribution in [-0.4, -0.2) is 38.4 Å². The number of nitrogens with one attached hydrogen (secondary N) is 1. The van der Waals surface area contributed by atoms with Crippen molar-refractivity contribution in [3.8, 4) is 0 Å². The molecule has 4 heteroatoms. The summed E-state index contributed by atoms with van der Waals surface area (Å²) in [5.41, 5.74) is -0.489. The summed E-state index contributed by atoms with van der Waals surface area (Å²) >= 11 is 0. The maximum Gasteiger partial charge on any atom is 0.326 e. The fraction of sp³-hybridized carbons (Fsp3) is 0.917. The van der Waals surface area contributed by atoms with Crippen molar-refractivity contribution in [2.24, 2.45) is 11.8 Å². The third kappa shape index (κ3) is 2.38. The molecule has 2 aliphatic rings. The van der Waals surface area contributed by atoms with Gasteiger partial charge in [0.15, 0.2) is 0 Å². The molecule has 0 radical (unpaired) electrons. The monoisotopic (exact) mass is 227 g/mol. The fourth-order valence-corrected chi connectivity index (χ4v) is 2.36. The molecule has 2 fully saturated rings. The van der Waals surface area contributed by atoms with Crippen molar-refractivity contribution in [2.45, 2.75) is 31.7 Å². The number of carbonyl (C=O) groups excluding carboxylic acids is 1. The standard InChI is InChI=1S/C12H21NO3/c1-12(10-3-4-10,11(14)15-2)13-7-9-5-6-16-8-9/h9-10,13H,3-8H2,1-2H3/t9-,12+/m1/s1. The molecular formula is C12H21NO3. The maximum absolute atomic E-state index is 11.8. The van der Waals surface area contributed by atoms with Crippen LogP contribution in [0.25, 0.3) is 0 Å². The molecule has 0 aromatic carbocycles. The van der Waals surface area contributed by atoms with E-state index in [9.17, 15) is 4.79 Å². The van der Waals surface area contributed by atoms with Gasteiger partial charge in [0, 0.05) is 13.2 Å². The summed E-state index contributed by atoms with van der Waals surface area (Å²) in [6.07, 6.45) is 3.34. The zero-order valence-electron chi connectivity index (χ0n) is 10.1. The van der Waals surface area contributed by atoms with Gasteiger partial charge in [-0.25, -0.2) is 0 Å². The lowest BCUT2D eigenvalue weighted by Gasteiger charge is -2.29. The van der Waals surface area contributed by atoms with Crippen molar-refractivity contribution in [3.05, 3.63) is 0 Å². The molecule has 0 unspecified atom stereocenters. The molecule has 0 bridgehead atoms. The number of esters is 1. The Balaban J connectivity index is 1.89. The highest BCUT2D eigenvalue weighted by Crippen LogP contribution is 2.40. The van der Waals surface area contributed by atoms with Crippen LogP contribution in [0.5, 0.6) is 0 Å². The first-order valence-corrected chi connectivity index (χ1v) is 6.08. The molecule has 92 valence electrons. The second-order valence-electron chi connectivity index (χ2n) is 5.08. The highest BCUT2D eigenvalue weighted by atomic mass is 16.5. The Hall–Kier alpha value is -0.610. The lowest BCUT2D eigenvalue weighted by Crippen LogP contribution is -2.53. The summed E-state index contributed by atoms with van der Waals surface area (Å²) < 4.78 is 10.2. The predicted molar refractivity (Wildman–Crippen MR) is 60.1 cm³/mol. The van der Waals surface area contributed by atoms with E-state index in [0.29, 0.717) is 11.8 Å². The van der Waals surface area contributed by atoms with Crippen LogP contribution in [0.2, 0.25) is 0 Å². The van der Waals surface area contributed by atoms with Crippen molar-refractivity contribution in [1.29, 1.82) is 0 Å². The van der Waals surface area contributed by atoms with Gasteiger partial charge in [0.25, 0.3) is 0 Å². The molecule has 0 aromatic heterocycles. The molecule has 0 aromatic rings. The number of ether oxygens (including phenoxy) is 2. The van der Waals surface area contributed by atoms with Crippen LogP contribution >= 0.6 is 0 Å². The highest BCUT2D eigenvalue weighted by Gasteiger charge is 2.48. The molecule has 1 heterocycles. The summed E-state index contributed by atoms with van der Waals surface area (Å²) in [6, 6.07) is 0. The quantitative estimate of drug-likeness (QED) is 0.711. The fourth-order valence-electron chi connectivity index (χ4n) is 2.36. The van der Waals surface area contributed by atoms with Gasteiger partial charge in [-0.05, 0) is 38.0 Å². The number of hydrogen-bond acceptors (Lipinski definition) is 4. The molecule has 1 saturated heterocycles. The molecule has 0 amide bonds. The molecule has 16 heavy (non-hydrogen) atoms. The smallest absolute Gasteiger partial charge is 0.326 e. The van der Waals surface area contributed by atoms with Crippen molar-refractivity contribution < 1.29 is 14.3 Å². The van der Waals surface area contributed by atoms with Crippen LogP contribution in [0.15, 0.2) is 0 Å². The van der Waals surface area contributed by atoms with E-state index in [1.807, 2.05) is 6.92 Å². The topological polar surface area (TPSA) is 47.6 Å². The Kier molecular flexibility index (Phi) is 3.50. The zero-order valence-corrected chi connectivity index (χ0v) is 10.1. The van der Waals surface area contributed by atoms with Gasteiger partial charge in [-0.3, -0.25) is 4.79 Å². The van der Waals surface area contributed by atoms with Crippen LogP contribution in [0, 0.1) is 11.8 Å². The van der Waals surface area contributed by atoms with E-state index in [2.05, 4.69) is 5.32 Å². The molecule has 0 spiro atoms. The molecular weight excluding hydrogens is 206 g/mol. The predicted octanol–water partition coefficient (Wildman–Crippen LogP) is 0.954. The van der Waals surface area contributed by atoms with E-state index < -0.39 is 5.54 Å². The maximum atomic E-state index is 11.8. The number of carbonyl (C=O) groups is 1. The molecule has 4 nitrogen and oxygen atoms in total. The summed E-state index contributed by atoms with van der Waals surface area (Å²) in [6.45, 7) is 4.48. The van der Waals surface area contributed by atoms with Gasteiger partial charge < -0.3 is 14.8 Å². The van der Waals surface area contributed by atoms with Gasteiger partial charge in [0.05, 0.1) is 13.7 Å². The zero-order chi connectivity index (χ0) is 11.6. The van der Waals surface area contributed by atoms with Crippen molar-refractivity contribution in [3.63, 3.8) is 0 Å². The van der Waals surface area contributed by atoms with Gasteiger partial charge in [-0.15, -0.1) is 0 Å². The van der Waals surface area contributed by atoms with Gasteiger partial charge >= 0.3 is 5.97 Å². The van der Waals surface area contributed by atoms with Gasteiger partial charge in [-0.1, -0.05) is 0 Å². The number of rotatable bonds is 5. The Morgan fingerprint density at radius 1 is 1.50 bits per heavy atom. The van der Waals surface area contributed by atoms with Crippen LogP contribution < -0.4 is 5.32 Å². The van der Waals surface area contributed by atoms with Gasteiger partial charge in [-0.2, -0.15) is 0 Å². The van der Waals surface area contributed by atoms with Gasteiger partial charge in [0.1, 0.15) is 5.54 Å². The van der Waals surface area contributed by atoms with Crippen LogP contribution in [0.1, 0.15) is 26.2 Å². The van der Waals surface area contributed by atoms with Crippen LogP contribution in [0.4, 0.5) is 0 Å². The molecule has 1 aliphatic heterocycles. The van der Waals surface area contributed by atoms with E-state index in [4.69, 9.17) is 9.47 Å². The van der Waals surface area contributed by atoms with E-state index in [1.165, 1.54) is 7.11 Å². The molecule has 1 aliphatic carbocycles. The first kappa shape index (κ1) is 11.9. The minimum Gasteiger partial charge on any atom is -0.468 e. The average Bonchev–Trinajstić information content (AvgIpc) is 3.03. The van der Waals surface area contributed by atoms with Crippen molar-refractivity contribution >= 4 is 5.97 Å². The highest BCUT2D eigenvalue weighted by molar-refractivity contribution is 5.81. The Labute approximate surface area is 96.7 Å². The third-order valence-electron chi connectivity index (χ3n) is 3.79. The van der Waals surface area contributed by atoms with E-state index >= 15 is 0 Å². The lowest BCUT2D eigenvalue weighted by atomic mass is 9.94. The summed E-state index contributed by atoms with van der Waals surface area (Å²) in [4.78, 5) is 11.8. The third-order valence-corrected chi connectivity index (χ3v) is 3.79. The van der Waals surface area contributed by atoms with Gasteiger partial charge in [0.2, 0.25) is 0 Å². The van der Waals surface area contributed by atoms with Crippen LogP contribution in [-0.2, 0) is 14.3 Å². The molecule has 2 atom stereocenters. The largest absolute Gasteiger partial charge is 0.468 e. The Morgan fingerprint density at radius 3 is 2.75 bits per heavy atom. The number of hydrogen-bond donors (Lipinski definition) is 1. The second-order valence-corrected chi connectivity index (χ2v) is 5.08. The minimum atomic E-state index is -0.489. The van der Waals surface area contributed by atoms with Crippen LogP contribution in [0.3, 0.4) is 0 Å². The Morgan fingerprint density at radius 2 is 2.25 bits per heavy atom. The minimum absolute atomic E-state index is 0.131. The lowest BCUT2D eigenvalue weighted by molar-refractivity contribution is -0.149. The summed E-state index contributed by atoms with van der Waals surface area (Å²) in [7, 11) is 1.46.